The number of benzene rings is 1. The van der Waals surface area contributed by atoms with E-state index < -0.39 is 11.7 Å². The second-order valence-electron chi connectivity index (χ2n) is 7.37. The van der Waals surface area contributed by atoms with Gasteiger partial charge in [0.15, 0.2) is 11.1 Å². The van der Waals surface area contributed by atoms with Crippen LogP contribution in [-0.4, -0.2) is 68.1 Å². The minimum Gasteiger partial charge on any atom is -0.354 e. The van der Waals surface area contributed by atoms with Crippen molar-refractivity contribution >= 4 is 22.4 Å². The van der Waals surface area contributed by atoms with Crippen molar-refractivity contribution in [1.82, 2.24) is 20.1 Å². The fourth-order valence-corrected chi connectivity index (χ4v) is 4.02. The molecule has 0 amide bonds. The van der Waals surface area contributed by atoms with E-state index in [0.29, 0.717) is 13.1 Å². The number of nitrogens with zero attached hydrogens (tertiary/aromatic N) is 5. The molecule has 0 radical (unpaired) electrons. The number of hydrogen-bond donors (Lipinski definition) is 1. The van der Waals surface area contributed by atoms with E-state index in [2.05, 4.69) is 25.1 Å². The molecule has 0 unspecified atom stereocenters. The minimum absolute atomic E-state index is 0.608. The Bertz CT molecular complexity index is 839. The average Bonchev–Trinajstić information content (AvgIpc) is 3.19. The number of nitrogens with one attached hydrogen (secondary N) is 1. The molecule has 30 heavy (non-hydrogen) atoms. The summed E-state index contributed by atoms with van der Waals surface area (Å²) in [7, 11) is 5.71. The van der Waals surface area contributed by atoms with E-state index in [1.807, 2.05) is 24.4 Å². The number of thiazole rings is 1. The SMILES string of the molecule is CN=C(NCc1csc(N(C)C)n1)N1CCN(Cc2ccc(C(F)(F)F)cc2)CC1. The third-order valence-corrected chi connectivity index (χ3v) is 5.98. The van der Waals surface area contributed by atoms with Crippen LogP contribution in [0, 0.1) is 0 Å². The Balaban J connectivity index is 1.47. The fourth-order valence-electron chi connectivity index (χ4n) is 3.26. The molecule has 1 fully saturated rings. The normalized spacial score (nSPS) is 16.1. The zero-order chi connectivity index (χ0) is 21.7. The summed E-state index contributed by atoms with van der Waals surface area (Å²) in [6.07, 6.45) is -4.29. The molecule has 1 aliphatic heterocycles. The second kappa shape index (κ2) is 9.65. The first kappa shape index (κ1) is 22.4. The molecule has 1 aromatic carbocycles. The number of rotatable bonds is 5. The zero-order valence-corrected chi connectivity index (χ0v) is 18.2. The lowest BCUT2D eigenvalue weighted by molar-refractivity contribution is -0.137. The average molecular weight is 441 g/mol. The molecule has 2 aromatic rings. The fraction of sp³-hybridized carbons (Fsp3) is 0.500. The summed E-state index contributed by atoms with van der Waals surface area (Å²) in [5.41, 5.74) is 1.26. The molecule has 164 valence electrons. The molecule has 0 atom stereocenters. The van der Waals surface area contributed by atoms with Crippen molar-refractivity contribution in [2.45, 2.75) is 19.3 Å². The lowest BCUT2D eigenvalue weighted by atomic mass is 10.1. The van der Waals surface area contributed by atoms with Crippen LogP contribution >= 0.6 is 11.3 Å². The van der Waals surface area contributed by atoms with E-state index in [1.54, 1.807) is 30.5 Å². The minimum atomic E-state index is -4.29. The van der Waals surface area contributed by atoms with E-state index in [9.17, 15) is 13.2 Å². The van der Waals surface area contributed by atoms with Gasteiger partial charge in [-0.25, -0.2) is 4.98 Å². The van der Waals surface area contributed by atoms with Crippen LogP contribution in [0.2, 0.25) is 0 Å². The smallest absolute Gasteiger partial charge is 0.354 e. The van der Waals surface area contributed by atoms with Crippen LogP contribution in [-0.2, 0) is 19.3 Å². The van der Waals surface area contributed by atoms with E-state index in [-0.39, 0.29) is 0 Å². The zero-order valence-electron chi connectivity index (χ0n) is 17.4. The van der Waals surface area contributed by atoms with Gasteiger partial charge in [-0.15, -0.1) is 11.3 Å². The number of piperazine rings is 1. The van der Waals surface area contributed by atoms with Crippen LogP contribution in [0.15, 0.2) is 34.6 Å². The van der Waals surface area contributed by atoms with E-state index in [0.717, 1.165) is 60.7 Å². The molecule has 0 saturated carbocycles. The van der Waals surface area contributed by atoms with Gasteiger partial charge in [-0.05, 0) is 17.7 Å². The molecule has 1 aromatic heterocycles. The van der Waals surface area contributed by atoms with Gasteiger partial charge in [0.2, 0.25) is 0 Å². The summed E-state index contributed by atoms with van der Waals surface area (Å²) >= 11 is 1.61. The van der Waals surface area contributed by atoms with Gasteiger partial charge in [0.05, 0.1) is 17.8 Å². The highest BCUT2D eigenvalue weighted by atomic mass is 32.1. The Labute approximate surface area is 179 Å². The second-order valence-corrected chi connectivity index (χ2v) is 8.21. The molecule has 0 aliphatic carbocycles. The maximum absolute atomic E-state index is 12.7. The Hall–Kier alpha value is -2.33. The highest BCUT2D eigenvalue weighted by Crippen LogP contribution is 2.29. The van der Waals surface area contributed by atoms with Crippen LogP contribution in [0.5, 0.6) is 0 Å². The van der Waals surface area contributed by atoms with Gasteiger partial charge in [-0.2, -0.15) is 13.2 Å². The number of aromatic nitrogens is 1. The Kier molecular flexibility index (Phi) is 7.19. The van der Waals surface area contributed by atoms with Crippen LogP contribution in [0.25, 0.3) is 0 Å². The molecule has 0 bridgehead atoms. The van der Waals surface area contributed by atoms with E-state index >= 15 is 0 Å². The highest BCUT2D eigenvalue weighted by Gasteiger charge is 2.30. The van der Waals surface area contributed by atoms with Gasteiger partial charge < -0.3 is 15.1 Å². The molecule has 1 saturated heterocycles. The lowest BCUT2D eigenvalue weighted by Crippen LogP contribution is -2.52. The Morgan fingerprint density at radius 2 is 1.83 bits per heavy atom. The number of halogens is 3. The number of hydrogen-bond acceptors (Lipinski definition) is 5. The first-order chi connectivity index (χ1) is 14.3. The molecular weight excluding hydrogens is 413 g/mol. The Morgan fingerprint density at radius 1 is 1.17 bits per heavy atom. The van der Waals surface area contributed by atoms with Crippen molar-refractivity contribution in [3.63, 3.8) is 0 Å². The number of anilines is 1. The van der Waals surface area contributed by atoms with Crippen molar-refractivity contribution in [2.24, 2.45) is 4.99 Å². The molecule has 10 heteroatoms. The molecule has 1 N–H and O–H groups in total. The van der Waals surface area contributed by atoms with Crippen LogP contribution in [0.1, 0.15) is 16.8 Å². The van der Waals surface area contributed by atoms with Crippen molar-refractivity contribution in [3.8, 4) is 0 Å². The third kappa shape index (κ3) is 5.85. The summed E-state index contributed by atoms with van der Waals surface area (Å²) in [6.45, 7) is 4.51. The topological polar surface area (TPSA) is 47.0 Å². The molecule has 6 nitrogen and oxygen atoms in total. The maximum atomic E-state index is 12.7. The predicted octanol–water partition coefficient (Wildman–Crippen LogP) is 3.12. The lowest BCUT2D eigenvalue weighted by Gasteiger charge is -2.36. The van der Waals surface area contributed by atoms with Crippen LogP contribution in [0.3, 0.4) is 0 Å². The molecule has 2 heterocycles. The molecular formula is C20H27F3N6S. The highest BCUT2D eigenvalue weighted by molar-refractivity contribution is 7.13. The summed E-state index contributed by atoms with van der Waals surface area (Å²) in [5.74, 6) is 0.837. The van der Waals surface area contributed by atoms with E-state index in [4.69, 9.17) is 0 Å². The molecule has 3 rings (SSSR count). The van der Waals surface area contributed by atoms with Gasteiger partial charge in [-0.3, -0.25) is 9.89 Å². The van der Waals surface area contributed by atoms with Crippen molar-refractivity contribution in [1.29, 1.82) is 0 Å². The van der Waals surface area contributed by atoms with Crippen LogP contribution in [0.4, 0.5) is 18.3 Å². The first-order valence-electron chi connectivity index (χ1n) is 9.72. The van der Waals surface area contributed by atoms with Gasteiger partial charge in [-0.1, -0.05) is 12.1 Å². The summed E-state index contributed by atoms with van der Waals surface area (Å²) in [4.78, 5) is 15.4. The van der Waals surface area contributed by atoms with Crippen molar-refractivity contribution < 1.29 is 13.2 Å². The summed E-state index contributed by atoms with van der Waals surface area (Å²) in [5, 5.41) is 6.38. The first-order valence-corrected chi connectivity index (χ1v) is 10.6. The maximum Gasteiger partial charge on any atom is 0.416 e. The number of alkyl halides is 3. The van der Waals surface area contributed by atoms with Gasteiger partial charge in [0, 0.05) is 59.2 Å². The summed E-state index contributed by atoms with van der Waals surface area (Å²) in [6, 6.07) is 5.42. The van der Waals surface area contributed by atoms with Crippen molar-refractivity contribution in [2.75, 3.05) is 52.2 Å². The monoisotopic (exact) mass is 440 g/mol. The largest absolute Gasteiger partial charge is 0.416 e. The summed E-state index contributed by atoms with van der Waals surface area (Å²) < 4.78 is 38.1. The van der Waals surface area contributed by atoms with Gasteiger partial charge in [0.1, 0.15) is 0 Å². The number of aliphatic imine (C=N–C) groups is 1. The van der Waals surface area contributed by atoms with Crippen LogP contribution < -0.4 is 10.2 Å². The number of guanidine groups is 1. The quantitative estimate of drug-likeness (QED) is 0.572. The standard InChI is InChI=1S/C20H27F3N6S/c1-24-18(25-12-17-14-30-19(26-17)27(2)3)29-10-8-28(9-11-29)13-15-4-6-16(7-5-15)20(21,22)23/h4-7,14H,8-13H2,1-3H3,(H,24,25). The molecule has 1 aliphatic rings. The molecule has 0 spiro atoms. The van der Waals surface area contributed by atoms with Gasteiger partial charge in [0.25, 0.3) is 0 Å². The van der Waals surface area contributed by atoms with Gasteiger partial charge >= 0.3 is 6.18 Å². The van der Waals surface area contributed by atoms with E-state index in [1.165, 1.54) is 0 Å². The third-order valence-electron chi connectivity index (χ3n) is 4.92. The van der Waals surface area contributed by atoms with Crippen molar-refractivity contribution in [3.05, 3.63) is 46.5 Å². The predicted molar refractivity (Wildman–Crippen MR) is 115 cm³/mol. The Morgan fingerprint density at radius 3 is 2.37 bits per heavy atom.